The number of allylic oxidation sites excluding steroid dienone is 3. The van der Waals surface area contributed by atoms with Crippen LogP contribution in [0, 0.1) is 13.8 Å². The van der Waals surface area contributed by atoms with Crippen molar-refractivity contribution < 1.29 is 13.7 Å². The average molecular weight is 662 g/mol. The average Bonchev–Trinajstić information content (AvgIpc) is 3.53. The van der Waals surface area contributed by atoms with E-state index in [4.69, 9.17) is 10.5 Å². The van der Waals surface area contributed by atoms with E-state index in [-0.39, 0.29) is 17.9 Å². The minimum Gasteiger partial charge on any atom is -0.488 e. The van der Waals surface area contributed by atoms with Gasteiger partial charge in [-0.25, -0.2) is 13.5 Å². The third kappa shape index (κ3) is 7.62. The third-order valence-corrected chi connectivity index (χ3v) is 10.5. The second kappa shape index (κ2) is 15.2. The summed E-state index contributed by atoms with van der Waals surface area (Å²) in [7, 11) is -1.47. The number of nitrogen functional groups attached to an aromatic ring is 1. The van der Waals surface area contributed by atoms with E-state index in [9.17, 15) is 9.00 Å². The quantitative estimate of drug-likeness (QED) is 0.175. The summed E-state index contributed by atoms with van der Waals surface area (Å²) in [5.41, 5.74) is 14.7. The minimum absolute atomic E-state index is 0.121. The first-order chi connectivity index (χ1) is 21.9. The molecule has 1 amide bonds. The number of hydrogen-bond acceptors (Lipinski definition) is 7. The molecule has 10 heteroatoms. The van der Waals surface area contributed by atoms with Gasteiger partial charge in [-0.3, -0.25) is 4.79 Å². The molecule has 0 bridgehead atoms. The first-order valence-corrected chi connectivity index (χ1v) is 17.8. The number of carbonyl (C=O) groups excluding carboxylic acids is 1. The number of nitrogens with one attached hydrogen (secondary N) is 2. The highest BCUT2D eigenvalue weighted by molar-refractivity contribution is 7.86. The van der Waals surface area contributed by atoms with Gasteiger partial charge in [-0.15, -0.1) is 11.3 Å². The highest BCUT2D eigenvalue weighted by atomic mass is 32.2. The monoisotopic (exact) mass is 661 g/mol. The van der Waals surface area contributed by atoms with Crippen LogP contribution in [0.2, 0.25) is 0 Å². The van der Waals surface area contributed by atoms with Crippen molar-refractivity contribution in [2.75, 3.05) is 24.1 Å². The Labute approximate surface area is 280 Å². The molecule has 1 aromatic heterocycles. The standard InChI is InChI=1S/C36H47N5O3S2/c1-9-13-31-32(11-3)46(43)41(20-27(10-2)44-31)19-26-18-25(15-14-23(26)5)33(28-16-17-29(38-12-4)34(37)24(28)6)36(7,8)40-35(42)30-21-45-22-39-30/h9,11,13-18,21-22,27,33,38H,3,10,12,19-20,37H2,1-2,4-8H3,(H,40,42)/b13-9-/t27-,33?,46?/m1/s1. The van der Waals surface area contributed by atoms with Gasteiger partial charge in [0.25, 0.3) is 5.91 Å². The van der Waals surface area contributed by atoms with Gasteiger partial charge in [-0.2, -0.15) is 0 Å². The highest BCUT2D eigenvalue weighted by Gasteiger charge is 2.36. The van der Waals surface area contributed by atoms with E-state index in [2.05, 4.69) is 60.3 Å². The minimum atomic E-state index is -1.47. The summed E-state index contributed by atoms with van der Waals surface area (Å²) in [6.45, 7) is 19.9. The smallest absolute Gasteiger partial charge is 0.271 e. The van der Waals surface area contributed by atoms with Crippen LogP contribution in [0.1, 0.15) is 85.3 Å². The number of thiazole rings is 1. The lowest BCUT2D eigenvalue weighted by Crippen LogP contribution is -2.48. The number of nitrogens with two attached hydrogens (primary N) is 1. The van der Waals surface area contributed by atoms with Crippen molar-refractivity contribution in [3.05, 3.63) is 110 Å². The number of amides is 1. The van der Waals surface area contributed by atoms with Crippen molar-refractivity contribution in [1.29, 1.82) is 0 Å². The van der Waals surface area contributed by atoms with Crippen LogP contribution in [0.25, 0.3) is 0 Å². The summed E-state index contributed by atoms with van der Waals surface area (Å²) < 4.78 is 22.2. The van der Waals surface area contributed by atoms with Crippen LogP contribution in [0.4, 0.5) is 11.4 Å². The largest absolute Gasteiger partial charge is 0.488 e. The molecule has 0 saturated heterocycles. The fraction of sp³-hybridized carbons (Fsp3) is 0.389. The molecule has 246 valence electrons. The van der Waals surface area contributed by atoms with Gasteiger partial charge in [0.2, 0.25) is 0 Å². The summed E-state index contributed by atoms with van der Waals surface area (Å²) in [6.07, 6.45) is 6.03. The number of aryl methyl sites for hydroxylation is 1. The van der Waals surface area contributed by atoms with E-state index in [1.165, 1.54) is 11.3 Å². The number of carbonyl (C=O) groups is 1. The molecule has 2 heterocycles. The fourth-order valence-electron chi connectivity index (χ4n) is 5.95. The Morgan fingerprint density at radius 1 is 1.28 bits per heavy atom. The van der Waals surface area contributed by atoms with Crippen LogP contribution < -0.4 is 16.4 Å². The van der Waals surface area contributed by atoms with Gasteiger partial charge >= 0.3 is 0 Å². The van der Waals surface area contributed by atoms with Crippen molar-refractivity contribution >= 4 is 39.6 Å². The van der Waals surface area contributed by atoms with Crippen molar-refractivity contribution in [1.82, 2.24) is 14.6 Å². The molecule has 3 atom stereocenters. The molecule has 1 aliphatic rings. The zero-order chi connectivity index (χ0) is 33.6. The normalized spacial score (nSPS) is 18.2. The molecule has 3 aromatic rings. The molecule has 8 nitrogen and oxygen atoms in total. The Balaban J connectivity index is 1.81. The molecule has 0 spiro atoms. The molecule has 4 N–H and O–H groups in total. The van der Waals surface area contributed by atoms with Crippen molar-refractivity contribution in [2.24, 2.45) is 0 Å². The zero-order valence-electron chi connectivity index (χ0n) is 28.0. The molecule has 0 aliphatic carbocycles. The lowest BCUT2D eigenvalue weighted by atomic mass is 9.74. The predicted octanol–water partition coefficient (Wildman–Crippen LogP) is 7.36. The number of rotatable bonds is 12. The number of nitrogens with zero attached hydrogens (tertiary/aromatic N) is 2. The zero-order valence-corrected chi connectivity index (χ0v) is 29.6. The highest BCUT2D eigenvalue weighted by Crippen LogP contribution is 2.41. The van der Waals surface area contributed by atoms with Gasteiger partial charge in [0, 0.05) is 36.5 Å². The molecule has 1 aliphatic heterocycles. The summed E-state index contributed by atoms with van der Waals surface area (Å²) >= 11 is 1.39. The lowest BCUT2D eigenvalue weighted by molar-refractivity contribution is 0.0901. The molecule has 2 aromatic carbocycles. The maximum atomic E-state index is 14.0. The van der Waals surface area contributed by atoms with E-state index < -0.39 is 16.5 Å². The molecule has 46 heavy (non-hydrogen) atoms. The first-order valence-electron chi connectivity index (χ1n) is 15.7. The number of aromatic nitrogens is 1. The van der Waals surface area contributed by atoms with Crippen molar-refractivity contribution in [2.45, 2.75) is 79.0 Å². The van der Waals surface area contributed by atoms with E-state index in [1.54, 1.807) is 17.0 Å². The molecule has 0 radical (unpaired) electrons. The van der Waals surface area contributed by atoms with Crippen LogP contribution in [0.15, 0.2) is 76.7 Å². The van der Waals surface area contributed by atoms with Crippen LogP contribution >= 0.6 is 11.3 Å². The van der Waals surface area contributed by atoms with E-state index in [0.29, 0.717) is 35.1 Å². The summed E-state index contributed by atoms with van der Waals surface area (Å²) in [5.74, 6) is 0.103. The molecular formula is C36H47N5O3S2. The number of hydrogen-bond donors (Lipinski definition) is 3. The summed E-state index contributed by atoms with van der Waals surface area (Å²) in [6, 6.07) is 10.5. The van der Waals surface area contributed by atoms with Gasteiger partial charge in [0.05, 0.1) is 21.8 Å². The maximum absolute atomic E-state index is 14.0. The van der Waals surface area contributed by atoms with Gasteiger partial charge in [-0.1, -0.05) is 43.8 Å². The summed E-state index contributed by atoms with van der Waals surface area (Å²) in [4.78, 5) is 18.2. The van der Waals surface area contributed by atoms with Gasteiger partial charge in [-0.05, 0) is 94.0 Å². The Hall–Kier alpha value is -3.73. The van der Waals surface area contributed by atoms with Crippen LogP contribution in [-0.4, -0.2) is 44.1 Å². The Morgan fingerprint density at radius 3 is 2.67 bits per heavy atom. The number of ether oxygens (including phenoxy) is 1. The maximum Gasteiger partial charge on any atom is 0.271 e. The van der Waals surface area contributed by atoms with Gasteiger partial charge < -0.3 is 21.1 Å². The third-order valence-electron chi connectivity index (χ3n) is 8.44. The van der Waals surface area contributed by atoms with Crippen LogP contribution in [0.5, 0.6) is 0 Å². The van der Waals surface area contributed by atoms with Crippen molar-refractivity contribution in [3.63, 3.8) is 0 Å². The Bertz CT molecular complexity index is 1650. The summed E-state index contributed by atoms with van der Waals surface area (Å²) in [5, 5.41) is 8.37. The van der Waals surface area contributed by atoms with E-state index in [0.717, 1.165) is 46.5 Å². The molecule has 0 saturated carbocycles. The first kappa shape index (κ1) is 35.1. The van der Waals surface area contributed by atoms with Crippen LogP contribution in [-0.2, 0) is 22.3 Å². The van der Waals surface area contributed by atoms with E-state index >= 15 is 0 Å². The number of anilines is 2. The SMILES string of the molecule is C=CC1=C(/C=C\C)O[C@H](CC)CN(Cc2cc(C(c3ccc(NCC)c(N)c3C)C(C)(C)NC(=O)c3cscn3)ccc2C)S1=O. The molecule has 4 rings (SSSR count). The van der Waals surface area contributed by atoms with Crippen molar-refractivity contribution in [3.8, 4) is 0 Å². The second-order valence-electron chi connectivity index (χ2n) is 12.1. The van der Waals surface area contributed by atoms with Gasteiger partial charge in [0.15, 0.2) is 0 Å². The fourth-order valence-corrected chi connectivity index (χ4v) is 7.75. The predicted molar refractivity (Wildman–Crippen MR) is 192 cm³/mol. The van der Waals surface area contributed by atoms with E-state index in [1.807, 2.05) is 57.1 Å². The number of benzene rings is 2. The Morgan fingerprint density at radius 2 is 2.04 bits per heavy atom. The van der Waals surface area contributed by atoms with Crippen LogP contribution in [0.3, 0.4) is 0 Å². The molecule has 0 fully saturated rings. The van der Waals surface area contributed by atoms with Gasteiger partial charge in [0.1, 0.15) is 28.5 Å². The lowest BCUT2D eigenvalue weighted by Gasteiger charge is -2.37. The molecule has 2 unspecified atom stereocenters. The second-order valence-corrected chi connectivity index (χ2v) is 14.3. The topological polar surface area (TPSA) is 110 Å². The molecular weight excluding hydrogens is 615 g/mol. The Kier molecular flexibility index (Phi) is 11.6.